The summed E-state index contributed by atoms with van der Waals surface area (Å²) in [6.45, 7) is 0.852. The van der Waals surface area contributed by atoms with E-state index in [0.29, 0.717) is 0 Å². The largest absolute Gasteiger partial charge is 0.343 e. The van der Waals surface area contributed by atoms with Crippen molar-refractivity contribution in [1.29, 1.82) is 5.26 Å². The molecule has 0 N–H and O–H groups in total. The fourth-order valence-electron chi connectivity index (χ4n) is 1.21. The lowest BCUT2D eigenvalue weighted by Crippen LogP contribution is -1.88. The molecule has 0 radical (unpaired) electrons. The van der Waals surface area contributed by atoms with Crippen molar-refractivity contribution in [3.63, 3.8) is 0 Å². The van der Waals surface area contributed by atoms with E-state index >= 15 is 0 Å². The monoisotopic (exact) mass is 130 g/mol. The van der Waals surface area contributed by atoms with E-state index < -0.39 is 0 Å². The second-order valence-electron chi connectivity index (χ2n) is 2.28. The third-order valence-electron chi connectivity index (χ3n) is 1.72. The molecule has 0 atom stereocenters. The molecule has 48 valence electrons. The van der Waals surface area contributed by atoms with Gasteiger partial charge in [-0.1, -0.05) is 0 Å². The third kappa shape index (κ3) is 0.519. The number of nitriles is 1. The van der Waals surface area contributed by atoms with Crippen LogP contribution in [0, 0.1) is 11.3 Å². The summed E-state index contributed by atoms with van der Waals surface area (Å²) in [5.74, 6) is 0. The maximum absolute atomic E-state index is 8.60. The van der Waals surface area contributed by atoms with Gasteiger partial charge in [0, 0.05) is 12.7 Å². The van der Waals surface area contributed by atoms with E-state index in [-0.39, 0.29) is 0 Å². The molecule has 0 bridgehead atoms. The van der Waals surface area contributed by atoms with Crippen LogP contribution in [0.1, 0.15) is 5.69 Å². The van der Waals surface area contributed by atoms with Gasteiger partial charge < -0.3 is 4.57 Å². The third-order valence-corrected chi connectivity index (χ3v) is 1.72. The SMILES string of the molecule is N#CC1=CCn2cccc21. The van der Waals surface area contributed by atoms with Gasteiger partial charge in [0.1, 0.15) is 6.07 Å². The lowest BCUT2D eigenvalue weighted by atomic mass is 10.2. The molecule has 10 heavy (non-hydrogen) atoms. The zero-order chi connectivity index (χ0) is 6.97. The van der Waals surface area contributed by atoms with Crippen LogP contribution in [0.4, 0.5) is 0 Å². The Balaban J connectivity index is 2.58. The van der Waals surface area contributed by atoms with Crippen molar-refractivity contribution < 1.29 is 0 Å². The standard InChI is InChI=1S/C8H6N2/c9-6-7-3-5-10-4-1-2-8(7)10/h1-4H,5H2. The van der Waals surface area contributed by atoms with E-state index in [9.17, 15) is 0 Å². The molecular formula is C8H6N2. The van der Waals surface area contributed by atoms with E-state index in [1.165, 1.54) is 0 Å². The maximum atomic E-state index is 8.60. The molecule has 0 spiro atoms. The van der Waals surface area contributed by atoms with Gasteiger partial charge in [0.25, 0.3) is 0 Å². The zero-order valence-electron chi connectivity index (χ0n) is 5.41. The first-order chi connectivity index (χ1) is 4.92. The van der Waals surface area contributed by atoms with Crippen molar-refractivity contribution >= 4 is 5.57 Å². The molecule has 1 aromatic heterocycles. The van der Waals surface area contributed by atoms with E-state index in [4.69, 9.17) is 5.26 Å². The average Bonchev–Trinajstić information content (AvgIpc) is 2.44. The number of fused-ring (bicyclic) bond motifs is 1. The fourth-order valence-corrected chi connectivity index (χ4v) is 1.21. The van der Waals surface area contributed by atoms with E-state index in [2.05, 4.69) is 10.6 Å². The van der Waals surface area contributed by atoms with Gasteiger partial charge >= 0.3 is 0 Å². The van der Waals surface area contributed by atoms with Crippen LogP contribution in [0.5, 0.6) is 0 Å². The lowest BCUT2D eigenvalue weighted by Gasteiger charge is -1.92. The molecule has 0 aromatic carbocycles. The van der Waals surface area contributed by atoms with Crippen molar-refractivity contribution in [1.82, 2.24) is 4.57 Å². The molecule has 2 heterocycles. The number of allylic oxidation sites excluding steroid dienone is 2. The Labute approximate surface area is 59.0 Å². The predicted octanol–water partition coefficient (Wildman–Crippen LogP) is 1.41. The second-order valence-corrected chi connectivity index (χ2v) is 2.28. The maximum Gasteiger partial charge on any atom is 0.101 e. The van der Waals surface area contributed by atoms with Crippen molar-refractivity contribution in [3.05, 3.63) is 30.1 Å². The highest BCUT2D eigenvalue weighted by Crippen LogP contribution is 2.20. The van der Waals surface area contributed by atoms with Crippen LogP contribution >= 0.6 is 0 Å². The summed E-state index contributed by atoms with van der Waals surface area (Å²) in [5.41, 5.74) is 1.84. The molecule has 2 heteroatoms. The van der Waals surface area contributed by atoms with Crippen molar-refractivity contribution in [2.24, 2.45) is 0 Å². The van der Waals surface area contributed by atoms with Gasteiger partial charge in [0.2, 0.25) is 0 Å². The first kappa shape index (κ1) is 5.31. The molecule has 2 nitrogen and oxygen atoms in total. The normalized spacial score (nSPS) is 14.1. The van der Waals surface area contributed by atoms with Gasteiger partial charge in [-0.3, -0.25) is 0 Å². The Kier molecular flexibility index (Phi) is 0.925. The van der Waals surface area contributed by atoms with Crippen LogP contribution in [-0.4, -0.2) is 4.57 Å². The summed E-state index contributed by atoms with van der Waals surface area (Å²) in [4.78, 5) is 0. The Morgan fingerprint density at radius 2 is 2.50 bits per heavy atom. The molecule has 0 fully saturated rings. The van der Waals surface area contributed by atoms with Gasteiger partial charge in [0.05, 0.1) is 11.3 Å². The first-order valence-corrected chi connectivity index (χ1v) is 3.17. The van der Waals surface area contributed by atoms with Crippen LogP contribution < -0.4 is 0 Å². The topological polar surface area (TPSA) is 28.7 Å². The van der Waals surface area contributed by atoms with Crippen LogP contribution in [-0.2, 0) is 6.54 Å². The molecule has 0 saturated carbocycles. The number of rotatable bonds is 0. The van der Waals surface area contributed by atoms with Gasteiger partial charge in [-0.15, -0.1) is 0 Å². The second kappa shape index (κ2) is 1.74. The van der Waals surface area contributed by atoms with Crippen molar-refractivity contribution in [3.8, 4) is 6.07 Å². The first-order valence-electron chi connectivity index (χ1n) is 3.17. The summed E-state index contributed by atoms with van der Waals surface area (Å²) < 4.78 is 2.05. The molecule has 0 amide bonds. The van der Waals surface area contributed by atoms with Crippen molar-refractivity contribution in [2.75, 3.05) is 0 Å². The summed E-state index contributed by atoms with van der Waals surface area (Å²) in [7, 11) is 0. The Bertz CT molecular complexity index is 325. The highest BCUT2D eigenvalue weighted by Gasteiger charge is 2.10. The number of aromatic nitrogens is 1. The van der Waals surface area contributed by atoms with Gasteiger partial charge in [-0.25, -0.2) is 0 Å². The number of nitrogens with zero attached hydrogens (tertiary/aromatic N) is 2. The molecule has 1 aliphatic heterocycles. The molecule has 1 aromatic rings. The lowest BCUT2D eigenvalue weighted by molar-refractivity contribution is 0.847. The molecule has 0 unspecified atom stereocenters. The van der Waals surface area contributed by atoms with Crippen molar-refractivity contribution in [2.45, 2.75) is 6.54 Å². The zero-order valence-corrected chi connectivity index (χ0v) is 5.41. The van der Waals surface area contributed by atoms with Gasteiger partial charge in [-0.05, 0) is 18.2 Å². The Hall–Kier alpha value is -1.49. The molecule has 2 rings (SSSR count). The summed E-state index contributed by atoms with van der Waals surface area (Å²) >= 11 is 0. The molecule has 0 aliphatic carbocycles. The van der Waals surface area contributed by atoms with Gasteiger partial charge in [-0.2, -0.15) is 5.26 Å². The summed E-state index contributed by atoms with van der Waals surface area (Å²) in [6, 6.07) is 6.06. The van der Waals surface area contributed by atoms with Crippen LogP contribution in [0.3, 0.4) is 0 Å². The van der Waals surface area contributed by atoms with Gasteiger partial charge in [0.15, 0.2) is 0 Å². The molecule has 1 aliphatic rings. The summed E-state index contributed by atoms with van der Waals surface area (Å²) in [5, 5.41) is 8.60. The smallest absolute Gasteiger partial charge is 0.101 e. The molecule has 0 saturated heterocycles. The number of hydrogen-bond acceptors (Lipinski definition) is 1. The molecular weight excluding hydrogens is 124 g/mol. The van der Waals surface area contributed by atoms with Crippen LogP contribution in [0.2, 0.25) is 0 Å². The van der Waals surface area contributed by atoms with E-state index in [0.717, 1.165) is 17.8 Å². The minimum atomic E-state index is 0.796. The highest BCUT2D eigenvalue weighted by molar-refractivity contribution is 5.76. The van der Waals surface area contributed by atoms with E-state index in [1.54, 1.807) is 0 Å². The van der Waals surface area contributed by atoms with Crippen LogP contribution in [0.25, 0.3) is 5.57 Å². The highest BCUT2D eigenvalue weighted by atomic mass is 15.0. The Morgan fingerprint density at radius 3 is 3.30 bits per heavy atom. The van der Waals surface area contributed by atoms with E-state index in [1.807, 2.05) is 24.4 Å². The minimum absolute atomic E-state index is 0.796. The predicted molar refractivity (Wildman–Crippen MR) is 38.0 cm³/mol. The number of hydrogen-bond donors (Lipinski definition) is 0. The summed E-state index contributed by atoms with van der Waals surface area (Å²) in [6.07, 6.45) is 3.92. The average molecular weight is 130 g/mol. The minimum Gasteiger partial charge on any atom is -0.343 e. The fraction of sp³-hybridized carbons (Fsp3) is 0.125. The quantitative estimate of drug-likeness (QED) is 0.522. The Morgan fingerprint density at radius 1 is 1.60 bits per heavy atom. The van der Waals surface area contributed by atoms with Crippen LogP contribution in [0.15, 0.2) is 24.4 Å².